The van der Waals surface area contributed by atoms with Crippen molar-refractivity contribution in [2.45, 2.75) is 44.8 Å². The quantitative estimate of drug-likeness (QED) is 0.570. The number of ether oxygens (including phenoxy) is 1. The van der Waals surface area contributed by atoms with Gasteiger partial charge in [-0.25, -0.2) is 0 Å². The molecule has 1 amide bonds. The van der Waals surface area contributed by atoms with Gasteiger partial charge in [-0.1, -0.05) is 6.42 Å². The first-order valence-corrected chi connectivity index (χ1v) is 5.17. The molecule has 0 N–H and O–H groups in total. The van der Waals surface area contributed by atoms with E-state index in [9.17, 15) is 4.79 Å². The molecule has 0 aromatic heterocycles. The Bertz CT molecular complexity index is 209. The molecule has 2 rings (SSSR count). The molecule has 3 nitrogen and oxygen atoms in total. The van der Waals surface area contributed by atoms with Gasteiger partial charge < -0.3 is 9.64 Å². The molecule has 0 bridgehead atoms. The highest BCUT2D eigenvalue weighted by atomic mass is 16.5. The van der Waals surface area contributed by atoms with E-state index < -0.39 is 0 Å². The van der Waals surface area contributed by atoms with Crippen molar-refractivity contribution in [2.24, 2.45) is 0 Å². The molecule has 1 saturated carbocycles. The summed E-state index contributed by atoms with van der Waals surface area (Å²) in [5.74, 6) is 0.166. The zero-order valence-corrected chi connectivity index (χ0v) is 8.21. The molecule has 1 heterocycles. The molecule has 74 valence electrons. The van der Waals surface area contributed by atoms with E-state index in [1.54, 1.807) is 6.92 Å². The Hall–Kier alpha value is -0.570. The van der Waals surface area contributed by atoms with Crippen molar-refractivity contribution in [1.82, 2.24) is 4.90 Å². The van der Waals surface area contributed by atoms with Crippen molar-refractivity contribution >= 4 is 5.91 Å². The molecule has 13 heavy (non-hydrogen) atoms. The summed E-state index contributed by atoms with van der Waals surface area (Å²) >= 11 is 0. The first kappa shape index (κ1) is 9.00. The first-order valence-electron chi connectivity index (χ1n) is 5.17. The van der Waals surface area contributed by atoms with Crippen LogP contribution in [0.2, 0.25) is 0 Å². The van der Waals surface area contributed by atoms with Crippen LogP contribution in [0.15, 0.2) is 0 Å². The molecule has 0 aromatic carbocycles. The van der Waals surface area contributed by atoms with Crippen LogP contribution in [0.25, 0.3) is 0 Å². The van der Waals surface area contributed by atoms with Gasteiger partial charge in [0.15, 0.2) is 0 Å². The summed E-state index contributed by atoms with van der Waals surface area (Å²) < 4.78 is 5.76. The third kappa shape index (κ3) is 1.46. The van der Waals surface area contributed by atoms with E-state index >= 15 is 0 Å². The largest absolute Gasteiger partial charge is 0.354 e. The van der Waals surface area contributed by atoms with Gasteiger partial charge in [0, 0.05) is 13.5 Å². The maximum atomic E-state index is 11.4. The Morgan fingerprint density at radius 1 is 1.31 bits per heavy atom. The second-order valence-corrected chi connectivity index (χ2v) is 4.03. The van der Waals surface area contributed by atoms with E-state index in [1.807, 2.05) is 4.90 Å². The van der Waals surface area contributed by atoms with Crippen LogP contribution in [-0.2, 0) is 9.53 Å². The van der Waals surface area contributed by atoms with Crippen LogP contribution in [0.3, 0.4) is 0 Å². The maximum Gasteiger partial charge on any atom is 0.221 e. The number of hydrogen-bond acceptors (Lipinski definition) is 2. The minimum Gasteiger partial charge on any atom is -0.354 e. The standard InChI is InChI=1S/C10H17NO2/c1-9(12)11-7-8-13-10(11)5-3-2-4-6-10/h2-8H2,1H3. The number of carbonyl (C=O) groups is 1. The zero-order valence-electron chi connectivity index (χ0n) is 8.21. The molecule has 1 aliphatic heterocycles. The minimum atomic E-state index is -0.204. The topological polar surface area (TPSA) is 29.5 Å². The van der Waals surface area contributed by atoms with Gasteiger partial charge in [0.25, 0.3) is 0 Å². The summed E-state index contributed by atoms with van der Waals surface area (Å²) in [7, 11) is 0. The predicted molar refractivity (Wildman–Crippen MR) is 49.2 cm³/mol. The minimum absolute atomic E-state index is 0.166. The Kier molecular flexibility index (Phi) is 2.28. The lowest BCUT2D eigenvalue weighted by atomic mass is 9.90. The third-order valence-corrected chi connectivity index (χ3v) is 3.19. The molecular weight excluding hydrogens is 166 g/mol. The lowest BCUT2D eigenvalue weighted by molar-refractivity contribution is -0.152. The molecule has 1 spiro atoms. The average Bonchev–Trinajstić information content (AvgIpc) is 2.50. The van der Waals surface area contributed by atoms with Crippen molar-refractivity contribution in [1.29, 1.82) is 0 Å². The highest BCUT2D eigenvalue weighted by molar-refractivity contribution is 5.74. The fraction of sp³-hybridized carbons (Fsp3) is 0.900. The van der Waals surface area contributed by atoms with E-state index in [4.69, 9.17) is 4.74 Å². The van der Waals surface area contributed by atoms with Crippen molar-refractivity contribution < 1.29 is 9.53 Å². The Morgan fingerprint density at radius 2 is 2.00 bits per heavy atom. The first-order chi connectivity index (χ1) is 6.25. The van der Waals surface area contributed by atoms with Gasteiger partial charge in [-0.3, -0.25) is 4.79 Å². The second kappa shape index (κ2) is 3.29. The molecule has 0 atom stereocenters. The lowest BCUT2D eigenvalue weighted by Gasteiger charge is -2.39. The van der Waals surface area contributed by atoms with Gasteiger partial charge in [0.1, 0.15) is 5.72 Å². The molecule has 2 aliphatic rings. The number of rotatable bonds is 0. The molecule has 2 fully saturated rings. The predicted octanol–water partition coefficient (Wildman–Crippen LogP) is 1.53. The van der Waals surface area contributed by atoms with Crippen LogP contribution >= 0.6 is 0 Å². The van der Waals surface area contributed by atoms with Crippen molar-refractivity contribution in [2.75, 3.05) is 13.2 Å². The van der Waals surface area contributed by atoms with Crippen molar-refractivity contribution in [3.63, 3.8) is 0 Å². The number of amides is 1. The summed E-state index contributed by atoms with van der Waals surface area (Å²) in [5.41, 5.74) is -0.204. The Morgan fingerprint density at radius 3 is 2.62 bits per heavy atom. The fourth-order valence-electron chi connectivity index (χ4n) is 2.57. The molecular formula is C10H17NO2. The van der Waals surface area contributed by atoms with E-state index in [1.165, 1.54) is 19.3 Å². The highest BCUT2D eigenvalue weighted by Crippen LogP contribution is 2.37. The monoisotopic (exact) mass is 183 g/mol. The van der Waals surface area contributed by atoms with Gasteiger partial charge in [0.05, 0.1) is 6.61 Å². The van der Waals surface area contributed by atoms with E-state index in [0.29, 0.717) is 0 Å². The third-order valence-electron chi connectivity index (χ3n) is 3.19. The van der Waals surface area contributed by atoms with Crippen molar-refractivity contribution in [3.05, 3.63) is 0 Å². The lowest BCUT2D eigenvalue weighted by Crippen LogP contribution is -2.48. The summed E-state index contributed by atoms with van der Waals surface area (Å²) in [5, 5.41) is 0. The maximum absolute atomic E-state index is 11.4. The SMILES string of the molecule is CC(=O)N1CCOC12CCCCC2. The Balaban J connectivity index is 2.13. The van der Waals surface area contributed by atoms with E-state index in [-0.39, 0.29) is 11.6 Å². The molecule has 0 aromatic rings. The number of nitrogens with zero attached hydrogens (tertiary/aromatic N) is 1. The summed E-state index contributed by atoms with van der Waals surface area (Å²) in [4.78, 5) is 13.3. The molecule has 0 unspecified atom stereocenters. The molecule has 1 saturated heterocycles. The van der Waals surface area contributed by atoms with Crippen LogP contribution in [0.1, 0.15) is 39.0 Å². The van der Waals surface area contributed by atoms with Gasteiger partial charge in [-0.2, -0.15) is 0 Å². The van der Waals surface area contributed by atoms with Crippen LogP contribution in [-0.4, -0.2) is 29.7 Å². The zero-order chi connectivity index (χ0) is 9.31. The highest BCUT2D eigenvalue weighted by Gasteiger charge is 2.44. The van der Waals surface area contributed by atoms with Crippen LogP contribution in [0, 0.1) is 0 Å². The van der Waals surface area contributed by atoms with Gasteiger partial charge in [0.2, 0.25) is 5.91 Å². The fourth-order valence-corrected chi connectivity index (χ4v) is 2.57. The average molecular weight is 183 g/mol. The normalized spacial score (nSPS) is 26.7. The molecule has 3 heteroatoms. The molecule has 1 aliphatic carbocycles. The van der Waals surface area contributed by atoms with E-state index in [2.05, 4.69) is 0 Å². The van der Waals surface area contributed by atoms with Crippen LogP contribution < -0.4 is 0 Å². The summed E-state index contributed by atoms with van der Waals surface area (Å²) in [6.45, 7) is 3.15. The number of hydrogen-bond donors (Lipinski definition) is 0. The van der Waals surface area contributed by atoms with Crippen LogP contribution in [0.5, 0.6) is 0 Å². The van der Waals surface area contributed by atoms with E-state index in [0.717, 1.165) is 26.0 Å². The summed E-state index contributed by atoms with van der Waals surface area (Å²) in [6, 6.07) is 0. The molecule has 0 radical (unpaired) electrons. The Labute approximate surface area is 79.0 Å². The van der Waals surface area contributed by atoms with Gasteiger partial charge in [-0.05, 0) is 25.7 Å². The van der Waals surface area contributed by atoms with Crippen LogP contribution in [0.4, 0.5) is 0 Å². The van der Waals surface area contributed by atoms with Gasteiger partial charge >= 0.3 is 0 Å². The van der Waals surface area contributed by atoms with Gasteiger partial charge in [-0.15, -0.1) is 0 Å². The smallest absolute Gasteiger partial charge is 0.221 e. The second-order valence-electron chi connectivity index (χ2n) is 4.03. The number of carbonyl (C=O) groups excluding carboxylic acids is 1. The van der Waals surface area contributed by atoms with Crippen molar-refractivity contribution in [3.8, 4) is 0 Å². The summed E-state index contributed by atoms with van der Waals surface area (Å²) in [6.07, 6.45) is 5.75.